The highest BCUT2D eigenvalue weighted by Gasteiger charge is 2.16. The molecule has 0 atom stereocenters. The summed E-state index contributed by atoms with van der Waals surface area (Å²) in [5.41, 5.74) is 2.26. The minimum atomic E-state index is -0.555. The Bertz CT molecular complexity index is 1170. The second kappa shape index (κ2) is 10.7. The SMILES string of the molecule is CC(=O)Oc1cc(NC(=O)COc2ccccc2)ccc1NC(=O)c1ccc(C(C)(C)C)cc1. The molecular formula is C27H28N2O5. The molecule has 7 nitrogen and oxygen atoms in total. The Hall–Kier alpha value is -4.13. The molecule has 0 aromatic heterocycles. The highest BCUT2D eigenvalue weighted by Crippen LogP contribution is 2.29. The van der Waals surface area contributed by atoms with Crippen LogP contribution in [0.2, 0.25) is 0 Å². The monoisotopic (exact) mass is 460 g/mol. The minimum absolute atomic E-state index is 0.0239. The summed E-state index contributed by atoms with van der Waals surface area (Å²) in [6, 6.07) is 20.9. The van der Waals surface area contributed by atoms with Crippen LogP contribution in [0, 0.1) is 0 Å². The Balaban J connectivity index is 1.70. The van der Waals surface area contributed by atoms with Crippen LogP contribution in [-0.4, -0.2) is 24.4 Å². The first-order valence-corrected chi connectivity index (χ1v) is 10.8. The molecule has 2 amide bonds. The number of hydrogen-bond donors (Lipinski definition) is 2. The Labute approximate surface area is 199 Å². The molecule has 0 heterocycles. The van der Waals surface area contributed by atoms with E-state index in [9.17, 15) is 14.4 Å². The van der Waals surface area contributed by atoms with Crippen molar-refractivity contribution in [1.82, 2.24) is 0 Å². The number of amides is 2. The van der Waals surface area contributed by atoms with E-state index >= 15 is 0 Å². The zero-order valence-corrected chi connectivity index (χ0v) is 19.7. The maximum Gasteiger partial charge on any atom is 0.308 e. The third kappa shape index (κ3) is 6.93. The molecule has 0 saturated heterocycles. The lowest BCUT2D eigenvalue weighted by atomic mass is 9.87. The molecule has 0 aliphatic rings. The van der Waals surface area contributed by atoms with Gasteiger partial charge < -0.3 is 20.1 Å². The summed E-state index contributed by atoms with van der Waals surface area (Å²) in [5.74, 6) is -0.586. The Kier molecular flexibility index (Phi) is 7.68. The van der Waals surface area contributed by atoms with Crippen LogP contribution < -0.4 is 20.1 Å². The van der Waals surface area contributed by atoms with Crippen molar-refractivity contribution in [1.29, 1.82) is 0 Å². The molecule has 0 saturated carbocycles. The average Bonchev–Trinajstić information content (AvgIpc) is 2.79. The molecule has 2 N–H and O–H groups in total. The first kappa shape index (κ1) is 24.5. The van der Waals surface area contributed by atoms with Gasteiger partial charge in [-0.3, -0.25) is 14.4 Å². The summed E-state index contributed by atoms with van der Waals surface area (Å²) in [7, 11) is 0. The lowest BCUT2D eigenvalue weighted by molar-refractivity contribution is -0.131. The van der Waals surface area contributed by atoms with Gasteiger partial charge in [0.2, 0.25) is 0 Å². The number of anilines is 2. The summed E-state index contributed by atoms with van der Waals surface area (Å²) in [5, 5.41) is 5.45. The van der Waals surface area contributed by atoms with Crippen molar-refractivity contribution in [2.24, 2.45) is 0 Å². The number of nitrogens with one attached hydrogen (secondary N) is 2. The predicted molar refractivity (Wildman–Crippen MR) is 131 cm³/mol. The van der Waals surface area contributed by atoms with E-state index < -0.39 is 5.97 Å². The fourth-order valence-corrected chi connectivity index (χ4v) is 3.12. The van der Waals surface area contributed by atoms with E-state index in [0.717, 1.165) is 5.56 Å². The fraction of sp³-hybridized carbons (Fsp3) is 0.222. The van der Waals surface area contributed by atoms with Crippen LogP contribution in [0.4, 0.5) is 11.4 Å². The predicted octanol–water partition coefficient (Wildman–Crippen LogP) is 5.18. The number of rotatable bonds is 7. The van der Waals surface area contributed by atoms with E-state index in [2.05, 4.69) is 31.4 Å². The summed E-state index contributed by atoms with van der Waals surface area (Å²) in [4.78, 5) is 36.6. The lowest BCUT2D eigenvalue weighted by Gasteiger charge is -2.19. The smallest absolute Gasteiger partial charge is 0.308 e. The summed E-state index contributed by atoms with van der Waals surface area (Å²) < 4.78 is 10.7. The van der Waals surface area contributed by atoms with Crippen LogP contribution in [0.5, 0.6) is 11.5 Å². The van der Waals surface area contributed by atoms with E-state index in [1.54, 1.807) is 36.4 Å². The maximum absolute atomic E-state index is 12.8. The highest BCUT2D eigenvalue weighted by molar-refractivity contribution is 6.05. The van der Waals surface area contributed by atoms with Gasteiger partial charge in [-0.1, -0.05) is 51.1 Å². The molecule has 0 unspecified atom stereocenters. The first-order chi connectivity index (χ1) is 16.1. The van der Waals surface area contributed by atoms with Gasteiger partial charge in [-0.2, -0.15) is 0 Å². The van der Waals surface area contributed by atoms with Crippen LogP contribution in [0.1, 0.15) is 43.6 Å². The van der Waals surface area contributed by atoms with Crippen molar-refractivity contribution in [3.05, 3.63) is 83.9 Å². The summed E-state index contributed by atoms with van der Waals surface area (Å²) in [6.07, 6.45) is 0. The molecular weight excluding hydrogens is 432 g/mol. The number of hydrogen-bond acceptors (Lipinski definition) is 5. The van der Waals surface area contributed by atoms with Gasteiger partial charge in [-0.15, -0.1) is 0 Å². The van der Waals surface area contributed by atoms with Crippen LogP contribution in [-0.2, 0) is 15.0 Å². The van der Waals surface area contributed by atoms with Crippen LogP contribution in [0.25, 0.3) is 0 Å². The van der Waals surface area contributed by atoms with Gasteiger partial charge in [-0.25, -0.2) is 0 Å². The molecule has 0 bridgehead atoms. The molecule has 3 rings (SSSR count). The third-order valence-electron chi connectivity index (χ3n) is 4.89. The van der Waals surface area contributed by atoms with Gasteiger partial charge in [0.1, 0.15) is 5.75 Å². The minimum Gasteiger partial charge on any atom is -0.484 e. The van der Waals surface area contributed by atoms with Crippen LogP contribution in [0.3, 0.4) is 0 Å². The topological polar surface area (TPSA) is 93.7 Å². The van der Waals surface area contributed by atoms with Crippen molar-refractivity contribution < 1.29 is 23.9 Å². The number of carbonyl (C=O) groups excluding carboxylic acids is 3. The van der Waals surface area contributed by atoms with E-state index in [1.807, 2.05) is 30.3 Å². The summed E-state index contributed by atoms with van der Waals surface area (Å²) in [6.45, 7) is 7.37. The molecule has 0 fully saturated rings. The van der Waals surface area contributed by atoms with E-state index in [0.29, 0.717) is 22.7 Å². The molecule has 0 spiro atoms. The largest absolute Gasteiger partial charge is 0.484 e. The molecule has 176 valence electrons. The van der Waals surface area contributed by atoms with Gasteiger partial charge in [0.15, 0.2) is 12.4 Å². The van der Waals surface area contributed by atoms with Crippen LogP contribution in [0.15, 0.2) is 72.8 Å². The van der Waals surface area contributed by atoms with Gasteiger partial charge >= 0.3 is 5.97 Å². The molecule has 34 heavy (non-hydrogen) atoms. The molecule has 0 aliphatic carbocycles. The van der Waals surface area contributed by atoms with Crippen molar-refractivity contribution in [2.45, 2.75) is 33.1 Å². The Morgan fingerprint density at radius 3 is 2.15 bits per heavy atom. The fourth-order valence-electron chi connectivity index (χ4n) is 3.12. The Morgan fingerprint density at radius 1 is 0.853 bits per heavy atom. The number of carbonyl (C=O) groups is 3. The molecule has 0 aliphatic heterocycles. The molecule has 3 aromatic rings. The van der Waals surface area contributed by atoms with E-state index in [4.69, 9.17) is 9.47 Å². The number of esters is 1. The average molecular weight is 461 g/mol. The lowest BCUT2D eigenvalue weighted by Crippen LogP contribution is -2.20. The number of para-hydroxylation sites is 1. The van der Waals surface area contributed by atoms with Crippen molar-refractivity contribution in [3.63, 3.8) is 0 Å². The summed E-state index contributed by atoms with van der Waals surface area (Å²) >= 11 is 0. The Morgan fingerprint density at radius 2 is 1.53 bits per heavy atom. The number of benzene rings is 3. The normalized spacial score (nSPS) is 10.8. The van der Waals surface area contributed by atoms with Gasteiger partial charge in [-0.05, 0) is 47.4 Å². The van der Waals surface area contributed by atoms with Crippen molar-refractivity contribution >= 4 is 29.2 Å². The standard InChI is InChI=1S/C27H28N2O5/c1-18(30)34-24-16-21(28-25(31)17-33-22-8-6-5-7-9-22)14-15-23(24)29-26(32)19-10-12-20(13-11-19)27(2,3)4/h5-16H,17H2,1-4H3,(H,28,31)(H,29,32). The van der Waals surface area contributed by atoms with Gasteiger partial charge in [0.25, 0.3) is 11.8 Å². The van der Waals surface area contributed by atoms with Crippen LogP contribution >= 0.6 is 0 Å². The van der Waals surface area contributed by atoms with Crippen molar-refractivity contribution in [2.75, 3.05) is 17.2 Å². The van der Waals surface area contributed by atoms with E-state index in [-0.39, 0.29) is 29.6 Å². The molecule has 7 heteroatoms. The van der Waals surface area contributed by atoms with Gasteiger partial charge in [0, 0.05) is 24.2 Å². The van der Waals surface area contributed by atoms with E-state index in [1.165, 1.54) is 13.0 Å². The molecule has 3 aromatic carbocycles. The maximum atomic E-state index is 12.8. The zero-order valence-electron chi connectivity index (χ0n) is 19.7. The third-order valence-corrected chi connectivity index (χ3v) is 4.89. The van der Waals surface area contributed by atoms with Crippen molar-refractivity contribution in [3.8, 4) is 11.5 Å². The second-order valence-electron chi connectivity index (χ2n) is 8.74. The zero-order chi connectivity index (χ0) is 24.7. The molecule has 0 radical (unpaired) electrons. The second-order valence-corrected chi connectivity index (χ2v) is 8.74. The quantitative estimate of drug-likeness (QED) is 0.374. The number of ether oxygens (including phenoxy) is 2. The first-order valence-electron chi connectivity index (χ1n) is 10.8. The van der Waals surface area contributed by atoms with Gasteiger partial charge in [0.05, 0.1) is 5.69 Å². The highest BCUT2D eigenvalue weighted by atomic mass is 16.5.